The fourth-order valence-corrected chi connectivity index (χ4v) is 4.42. The minimum absolute atomic E-state index is 0.0685. The third-order valence-electron chi connectivity index (χ3n) is 5.46. The minimum atomic E-state index is -0.600. The number of halogens is 1. The van der Waals surface area contributed by atoms with Crippen molar-refractivity contribution in [2.75, 3.05) is 5.32 Å². The summed E-state index contributed by atoms with van der Waals surface area (Å²) in [6, 6.07) is 12.9. The first-order chi connectivity index (χ1) is 13.9. The normalized spacial score (nSPS) is 21.5. The number of carbonyl (C=O) groups excluding carboxylic acids is 2. The van der Waals surface area contributed by atoms with Crippen molar-refractivity contribution in [3.63, 3.8) is 0 Å². The van der Waals surface area contributed by atoms with Crippen LogP contribution in [-0.4, -0.2) is 22.4 Å². The van der Waals surface area contributed by atoms with Gasteiger partial charge in [0.05, 0.1) is 5.92 Å². The highest BCUT2D eigenvalue weighted by molar-refractivity contribution is 6.30. The molecule has 1 aliphatic heterocycles. The van der Waals surface area contributed by atoms with E-state index in [-0.39, 0.29) is 11.7 Å². The van der Waals surface area contributed by atoms with Gasteiger partial charge in [0, 0.05) is 40.0 Å². The lowest BCUT2D eigenvalue weighted by molar-refractivity contribution is -0.119. The van der Waals surface area contributed by atoms with Crippen LogP contribution in [0.25, 0.3) is 0 Å². The maximum absolute atomic E-state index is 13.3. The second-order valence-electron chi connectivity index (χ2n) is 7.55. The fraction of sp³-hybridized carbons (Fsp3) is 0.304. The molecule has 148 valence electrons. The van der Waals surface area contributed by atoms with Crippen LogP contribution in [0.1, 0.15) is 43.4 Å². The molecule has 1 N–H and O–H groups in total. The van der Waals surface area contributed by atoms with Gasteiger partial charge in [-0.3, -0.25) is 14.6 Å². The topological polar surface area (TPSA) is 71.4 Å². The molecule has 1 amide bonds. The Hall–Kier alpha value is -2.79. The van der Waals surface area contributed by atoms with Gasteiger partial charge in [-0.25, -0.2) is 4.98 Å². The highest BCUT2D eigenvalue weighted by Crippen LogP contribution is 2.43. The standard InChI is InChI=1S/C23H22ClN3O2/c1-13-6-3-11-19(25-13)27-23(29)20-14(2)26-17-9-5-10-18(28)22(17)21(20)15-7-4-8-16(24)12-15/h3-4,6-8,11-12,20-21H,5,9-10H2,1-2H3,(H,25,27,29)/t20?,21-/m1/s1. The maximum atomic E-state index is 13.3. The van der Waals surface area contributed by atoms with Crippen molar-refractivity contribution in [2.24, 2.45) is 10.9 Å². The third kappa shape index (κ3) is 3.87. The Bertz CT molecular complexity index is 1060. The van der Waals surface area contributed by atoms with Crippen molar-refractivity contribution < 1.29 is 9.59 Å². The number of ketones is 1. The quantitative estimate of drug-likeness (QED) is 0.789. The first-order valence-electron chi connectivity index (χ1n) is 9.75. The number of aromatic nitrogens is 1. The average molecular weight is 408 g/mol. The highest BCUT2D eigenvalue weighted by Gasteiger charge is 2.42. The fourth-order valence-electron chi connectivity index (χ4n) is 4.22. The van der Waals surface area contributed by atoms with Crippen molar-refractivity contribution >= 4 is 34.8 Å². The molecule has 2 heterocycles. The summed E-state index contributed by atoms with van der Waals surface area (Å²) in [6.07, 6.45) is 2.03. The van der Waals surface area contributed by atoms with Crippen molar-refractivity contribution in [2.45, 2.75) is 39.0 Å². The second kappa shape index (κ2) is 7.91. The number of aryl methyl sites for hydroxylation is 1. The van der Waals surface area contributed by atoms with E-state index in [2.05, 4.69) is 15.3 Å². The Morgan fingerprint density at radius 2 is 1.93 bits per heavy atom. The molecule has 2 aromatic rings. The summed E-state index contributed by atoms with van der Waals surface area (Å²) in [4.78, 5) is 35.3. The molecule has 0 saturated carbocycles. The molecular formula is C23H22ClN3O2. The number of benzene rings is 1. The molecule has 1 unspecified atom stereocenters. The molecule has 0 spiro atoms. The van der Waals surface area contributed by atoms with E-state index in [1.807, 2.05) is 44.2 Å². The lowest BCUT2D eigenvalue weighted by atomic mass is 9.71. The number of amides is 1. The van der Waals surface area contributed by atoms with Gasteiger partial charge < -0.3 is 5.32 Å². The number of aliphatic imine (C=N–C) groups is 1. The number of hydrogen-bond donors (Lipinski definition) is 1. The summed E-state index contributed by atoms with van der Waals surface area (Å²) in [5, 5.41) is 3.49. The Morgan fingerprint density at radius 3 is 2.69 bits per heavy atom. The molecule has 0 radical (unpaired) electrons. The van der Waals surface area contributed by atoms with Crippen LogP contribution in [0.3, 0.4) is 0 Å². The van der Waals surface area contributed by atoms with Crippen molar-refractivity contribution in [1.82, 2.24) is 4.98 Å². The van der Waals surface area contributed by atoms with Gasteiger partial charge in [0.15, 0.2) is 5.78 Å². The second-order valence-corrected chi connectivity index (χ2v) is 7.99. The van der Waals surface area contributed by atoms with Crippen molar-refractivity contribution in [3.05, 3.63) is 70.0 Å². The van der Waals surface area contributed by atoms with Gasteiger partial charge in [-0.15, -0.1) is 0 Å². The van der Waals surface area contributed by atoms with Gasteiger partial charge in [0.2, 0.25) is 5.91 Å². The molecule has 0 saturated heterocycles. The van der Waals surface area contributed by atoms with Crippen LogP contribution >= 0.6 is 11.6 Å². The summed E-state index contributed by atoms with van der Waals surface area (Å²) >= 11 is 6.24. The molecule has 0 fully saturated rings. The predicted octanol–water partition coefficient (Wildman–Crippen LogP) is 4.86. The zero-order valence-corrected chi connectivity index (χ0v) is 17.2. The number of nitrogens with one attached hydrogen (secondary N) is 1. The van der Waals surface area contributed by atoms with Crippen LogP contribution in [0.2, 0.25) is 5.02 Å². The van der Waals surface area contributed by atoms with Crippen LogP contribution in [-0.2, 0) is 9.59 Å². The van der Waals surface area contributed by atoms with Crippen LogP contribution in [0, 0.1) is 12.8 Å². The Kier molecular flexibility index (Phi) is 5.33. The Morgan fingerprint density at radius 1 is 1.14 bits per heavy atom. The van der Waals surface area contributed by atoms with E-state index in [0.29, 0.717) is 28.5 Å². The molecule has 1 aliphatic carbocycles. The molecule has 0 bridgehead atoms. The predicted molar refractivity (Wildman–Crippen MR) is 114 cm³/mol. The molecule has 1 aromatic carbocycles. The monoisotopic (exact) mass is 407 g/mol. The van der Waals surface area contributed by atoms with E-state index in [1.54, 1.807) is 12.1 Å². The average Bonchev–Trinajstić information content (AvgIpc) is 2.67. The van der Waals surface area contributed by atoms with Gasteiger partial charge in [0.25, 0.3) is 0 Å². The molecule has 29 heavy (non-hydrogen) atoms. The number of carbonyl (C=O) groups is 2. The van der Waals surface area contributed by atoms with Crippen LogP contribution in [0.4, 0.5) is 5.82 Å². The van der Waals surface area contributed by atoms with E-state index < -0.39 is 11.8 Å². The summed E-state index contributed by atoms with van der Waals surface area (Å²) in [5.41, 5.74) is 3.83. The van der Waals surface area contributed by atoms with E-state index >= 15 is 0 Å². The summed E-state index contributed by atoms with van der Waals surface area (Å²) in [6.45, 7) is 3.73. The number of anilines is 1. The minimum Gasteiger partial charge on any atom is -0.310 e. The molecule has 4 rings (SSSR count). The van der Waals surface area contributed by atoms with Crippen LogP contribution in [0.5, 0.6) is 0 Å². The van der Waals surface area contributed by atoms with Gasteiger partial charge in [-0.1, -0.05) is 29.8 Å². The number of Topliss-reactive ketones (excluding diaryl/α,β-unsaturated/α-hetero) is 1. The first-order valence-corrected chi connectivity index (χ1v) is 10.1. The maximum Gasteiger partial charge on any atom is 0.235 e. The molecule has 2 atom stereocenters. The zero-order chi connectivity index (χ0) is 20.5. The Labute approximate surface area is 174 Å². The van der Waals surface area contributed by atoms with Gasteiger partial charge in [0.1, 0.15) is 5.82 Å². The number of allylic oxidation sites excluding steroid dienone is 2. The van der Waals surface area contributed by atoms with Gasteiger partial charge in [-0.05, 0) is 56.5 Å². The molecule has 2 aliphatic rings. The summed E-state index contributed by atoms with van der Waals surface area (Å²) < 4.78 is 0. The largest absolute Gasteiger partial charge is 0.310 e. The van der Waals surface area contributed by atoms with Crippen LogP contribution < -0.4 is 5.32 Å². The number of rotatable bonds is 3. The van der Waals surface area contributed by atoms with E-state index in [4.69, 9.17) is 11.6 Å². The van der Waals surface area contributed by atoms with E-state index in [1.165, 1.54) is 0 Å². The molecule has 5 nitrogen and oxygen atoms in total. The van der Waals surface area contributed by atoms with Gasteiger partial charge in [-0.2, -0.15) is 0 Å². The molecule has 6 heteroatoms. The lowest BCUT2D eigenvalue weighted by Gasteiger charge is -2.35. The summed E-state index contributed by atoms with van der Waals surface area (Å²) in [5.74, 6) is -0.670. The van der Waals surface area contributed by atoms with Crippen molar-refractivity contribution in [1.29, 1.82) is 0 Å². The first kappa shape index (κ1) is 19.5. The summed E-state index contributed by atoms with van der Waals surface area (Å²) in [7, 11) is 0. The highest BCUT2D eigenvalue weighted by atomic mass is 35.5. The van der Waals surface area contributed by atoms with Gasteiger partial charge >= 0.3 is 0 Å². The molecule has 1 aromatic heterocycles. The van der Waals surface area contributed by atoms with Crippen LogP contribution in [0.15, 0.2) is 58.7 Å². The number of pyridine rings is 1. The lowest BCUT2D eigenvalue weighted by Crippen LogP contribution is -2.39. The number of nitrogens with zero attached hydrogens (tertiary/aromatic N) is 2. The number of hydrogen-bond acceptors (Lipinski definition) is 4. The smallest absolute Gasteiger partial charge is 0.235 e. The SMILES string of the molecule is CC1=NC2=C(C(=O)CCC2)[C@H](c2cccc(Cl)c2)C1C(=O)Nc1cccc(C)n1. The molecular weight excluding hydrogens is 386 g/mol. The zero-order valence-electron chi connectivity index (χ0n) is 16.4. The van der Waals surface area contributed by atoms with E-state index in [9.17, 15) is 9.59 Å². The van der Waals surface area contributed by atoms with Crippen molar-refractivity contribution in [3.8, 4) is 0 Å². The Balaban J connectivity index is 1.78. The third-order valence-corrected chi connectivity index (χ3v) is 5.70. The van der Waals surface area contributed by atoms with E-state index in [0.717, 1.165) is 29.8 Å².